The van der Waals surface area contributed by atoms with E-state index >= 15 is 0 Å². The lowest BCUT2D eigenvalue weighted by Crippen LogP contribution is -2.10. The standard InChI is InChI=1S/C12H17ClN2S/c1-2-3-4-7-16-11-6-5-9(12(14)15)8-10(11)13/h5-6,8H,2-4,7H2,1H3,(H3,14,15). The van der Waals surface area contributed by atoms with Gasteiger partial charge in [0.1, 0.15) is 5.84 Å². The summed E-state index contributed by atoms with van der Waals surface area (Å²) in [6, 6.07) is 5.54. The molecule has 0 amide bonds. The Hall–Kier alpha value is -0.670. The van der Waals surface area contributed by atoms with E-state index < -0.39 is 0 Å². The van der Waals surface area contributed by atoms with Crippen LogP contribution in [0.25, 0.3) is 0 Å². The Morgan fingerprint density at radius 3 is 2.75 bits per heavy atom. The van der Waals surface area contributed by atoms with Gasteiger partial charge in [-0.05, 0) is 24.3 Å². The highest BCUT2D eigenvalue weighted by Crippen LogP contribution is 2.28. The van der Waals surface area contributed by atoms with Gasteiger partial charge in [0.2, 0.25) is 0 Å². The van der Waals surface area contributed by atoms with E-state index in [0.717, 1.165) is 10.6 Å². The second-order valence-corrected chi connectivity index (χ2v) is 5.16. The minimum Gasteiger partial charge on any atom is -0.384 e. The van der Waals surface area contributed by atoms with Crippen LogP contribution in [-0.2, 0) is 0 Å². The molecular weight excluding hydrogens is 240 g/mol. The topological polar surface area (TPSA) is 49.9 Å². The molecule has 0 unspecified atom stereocenters. The molecule has 1 aromatic carbocycles. The third kappa shape index (κ3) is 4.06. The third-order valence-electron chi connectivity index (χ3n) is 2.25. The van der Waals surface area contributed by atoms with Gasteiger partial charge in [0.25, 0.3) is 0 Å². The van der Waals surface area contributed by atoms with Crippen molar-refractivity contribution in [3.63, 3.8) is 0 Å². The lowest BCUT2D eigenvalue weighted by atomic mass is 10.2. The predicted octanol–water partition coefficient (Wildman–Crippen LogP) is 3.91. The highest BCUT2D eigenvalue weighted by atomic mass is 35.5. The van der Waals surface area contributed by atoms with Crippen LogP contribution in [0.1, 0.15) is 31.7 Å². The third-order valence-corrected chi connectivity index (χ3v) is 3.83. The van der Waals surface area contributed by atoms with Crippen LogP contribution < -0.4 is 5.73 Å². The van der Waals surface area contributed by atoms with Crippen molar-refractivity contribution in [2.45, 2.75) is 31.1 Å². The molecule has 0 radical (unpaired) electrons. The molecule has 0 aromatic heterocycles. The molecule has 0 aliphatic carbocycles. The summed E-state index contributed by atoms with van der Waals surface area (Å²) in [6.07, 6.45) is 3.71. The zero-order chi connectivity index (χ0) is 12.0. The van der Waals surface area contributed by atoms with Crippen molar-refractivity contribution in [3.05, 3.63) is 28.8 Å². The van der Waals surface area contributed by atoms with Crippen molar-refractivity contribution in [2.75, 3.05) is 5.75 Å². The number of halogens is 1. The van der Waals surface area contributed by atoms with Crippen LogP contribution in [0.5, 0.6) is 0 Å². The Morgan fingerprint density at radius 1 is 1.44 bits per heavy atom. The molecule has 0 aliphatic heterocycles. The second kappa shape index (κ2) is 6.81. The van der Waals surface area contributed by atoms with Crippen molar-refractivity contribution >= 4 is 29.2 Å². The molecular formula is C12H17ClN2S. The lowest BCUT2D eigenvalue weighted by molar-refractivity contribution is 0.778. The van der Waals surface area contributed by atoms with Crippen LogP contribution >= 0.6 is 23.4 Å². The fraction of sp³-hybridized carbons (Fsp3) is 0.417. The molecule has 0 atom stereocenters. The SMILES string of the molecule is CCCCCSc1ccc(C(=N)N)cc1Cl. The summed E-state index contributed by atoms with van der Waals surface area (Å²) >= 11 is 7.88. The fourth-order valence-corrected chi connectivity index (χ4v) is 2.59. The van der Waals surface area contributed by atoms with Gasteiger partial charge in [-0.2, -0.15) is 0 Å². The number of hydrogen-bond acceptors (Lipinski definition) is 2. The first-order chi connectivity index (χ1) is 7.65. The van der Waals surface area contributed by atoms with Gasteiger partial charge in [-0.25, -0.2) is 0 Å². The quantitative estimate of drug-likeness (QED) is 0.351. The molecule has 0 saturated carbocycles. The summed E-state index contributed by atoms with van der Waals surface area (Å²) in [5.41, 5.74) is 6.07. The van der Waals surface area contributed by atoms with Gasteiger partial charge in [0.15, 0.2) is 0 Å². The van der Waals surface area contributed by atoms with E-state index in [-0.39, 0.29) is 5.84 Å². The van der Waals surface area contributed by atoms with Crippen molar-refractivity contribution in [3.8, 4) is 0 Å². The molecule has 0 aliphatic rings. The van der Waals surface area contributed by atoms with Gasteiger partial charge in [0, 0.05) is 10.5 Å². The van der Waals surface area contributed by atoms with E-state index in [1.807, 2.05) is 12.1 Å². The average molecular weight is 257 g/mol. The molecule has 0 saturated heterocycles. The summed E-state index contributed by atoms with van der Waals surface area (Å²) in [5, 5.41) is 8.00. The number of hydrogen-bond donors (Lipinski definition) is 2. The number of amidine groups is 1. The van der Waals surface area contributed by atoms with Crippen LogP contribution in [0.2, 0.25) is 5.02 Å². The van der Waals surface area contributed by atoms with Crippen LogP contribution in [0.4, 0.5) is 0 Å². The van der Waals surface area contributed by atoms with Crippen molar-refractivity contribution in [2.24, 2.45) is 5.73 Å². The van der Waals surface area contributed by atoms with Crippen molar-refractivity contribution in [1.29, 1.82) is 5.41 Å². The summed E-state index contributed by atoms with van der Waals surface area (Å²) in [6.45, 7) is 2.19. The van der Waals surface area contributed by atoms with E-state index in [0.29, 0.717) is 10.6 Å². The highest BCUT2D eigenvalue weighted by molar-refractivity contribution is 7.99. The molecule has 0 fully saturated rings. The maximum absolute atomic E-state index is 7.31. The Bertz CT molecular complexity index is 366. The molecule has 0 heterocycles. The Kier molecular flexibility index (Phi) is 5.71. The monoisotopic (exact) mass is 256 g/mol. The van der Waals surface area contributed by atoms with Gasteiger partial charge < -0.3 is 5.73 Å². The number of rotatable bonds is 6. The lowest BCUT2D eigenvalue weighted by Gasteiger charge is -2.05. The van der Waals surface area contributed by atoms with Gasteiger partial charge >= 0.3 is 0 Å². The predicted molar refractivity (Wildman–Crippen MR) is 72.7 cm³/mol. The smallest absolute Gasteiger partial charge is 0.122 e. The fourth-order valence-electron chi connectivity index (χ4n) is 1.32. The van der Waals surface area contributed by atoms with Gasteiger partial charge in [0.05, 0.1) is 5.02 Å². The van der Waals surface area contributed by atoms with Gasteiger partial charge in [-0.1, -0.05) is 37.4 Å². The molecule has 2 nitrogen and oxygen atoms in total. The molecule has 0 spiro atoms. The Morgan fingerprint density at radius 2 is 2.19 bits per heavy atom. The first-order valence-electron chi connectivity index (χ1n) is 5.42. The number of nitrogens with one attached hydrogen (secondary N) is 1. The summed E-state index contributed by atoms with van der Waals surface area (Å²) in [4.78, 5) is 1.07. The molecule has 4 heteroatoms. The molecule has 3 N–H and O–H groups in total. The van der Waals surface area contributed by atoms with E-state index in [9.17, 15) is 0 Å². The molecule has 0 bridgehead atoms. The first-order valence-corrected chi connectivity index (χ1v) is 6.78. The summed E-state index contributed by atoms with van der Waals surface area (Å²) < 4.78 is 0. The van der Waals surface area contributed by atoms with Crippen LogP contribution in [-0.4, -0.2) is 11.6 Å². The second-order valence-electron chi connectivity index (χ2n) is 3.61. The number of thioether (sulfide) groups is 1. The number of nitrogen functional groups attached to an aromatic ring is 1. The molecule has 1 rings (SSSR count). The molecule has 1 aromatic rings. The van der Waals surface area contributed by atoms with Gasteiger partial charge in [-0.15, -0.1) is 11.8 Å². The van der Waals surface area contributed by atoms with Crippen LogP contribution in [0, 0.1) is 5.41 Å². The first kappa shape index (κ1) is 13.4. The normalized spacial score (nSPS) is 10.4. The van der Waals surface area contributed by atoms with Crippen molar-refractivity contribution in [1.82, 2.24) is 0 Å². The largest absolute Gasteiger partial charge is 0.384 e. The average Bonchev–Trinajstić information content (AvgIpc) is 2.26. The van der Waals surface area contributed by atoms with E-state index in [4.69, 9.17) is 22.7 Å². The zero-order valence-corrected chi connectivity index (χ0v) is 11.0. The Labute approximate surface area is 106 Å². The summed E-state index contributed by atoms with van der Waals surface area (Å²) in [7, 11) is 0. The van der Waals surface area contributed by atoms with Crippen LogP contribution in [0.3, 0.4) is 0 Å². The number of benzene rings is 1. The Balaban J connectivity index is 2.57. The maximum atomic E-state index is 7.31. The number of unbranched alkanes of at least 4 members (excludes halogenated alkanes) is 2. The number of nitrogens with two attached hydrogens (primary N) is 1. The maximum Gasteiger partial charge on any atom is 0.122 e. The zero-order valence-electron chi connectivity index (χ0n) is 9.42. The highest BCUT2D eigenvalue weighted by Gasteiger charge is 2.04. The minimum atomic E-state index is 0.0597. The van der Waals surface area contributed by atoms with E-state index in [1.165, 1.54) is 19.3 Å². The van der Waals surface area contributed by atoms with Gasteiger partial charge in [-0.3, -0.25) is 5.41 Å². The van der Waals surface area contributed by atoms with Crippen molar-refractivity contribution < 1.29 is 0 Å². The molecule has 88 valence electrons. The van der Waals surface area contributed by atoms with Crippen LogP contribution in [0.15, 0.2) is 23.1 Å². The molecule has 16 heavy (non-hydrogen) atoms. The van der Waals surface area contributed by atoms with E-state index in [2.05, 4.69) is 6.92 Å². The summed E-state index contributed by atoms with van der Waals surface area (Å²) in [5.74, 6) is 1.15. The minimum absolute atomic E-state index is 0.0597. The van der Waals surface area contributed by atoms with E-state index in [1.54, 1.807) is 17.8 Å².